The molecule has 1 unspecified atom stereocenters. The number of halogens is 1. The molecule has 1 aliphatic heterocycles. The van der Waals surface area contributed by atoms with E-state index < -0.39 is 0 Å². The van der Waals surface area contributed by atoms with E-state index in [0.29, 0.717) is 5.92 Å². The second kappa shape index (κ2) is 5.27. The number of nitrogens with two attached hydrogens (primary N) is 1. The Morgan fingerprint density at radius 3 is 2.81 bits per heavy atom. The molecule has 2 rings (SSSR count). The highest BCUT2D eigenvalue weighted by Crippen LogP contribution is 2.32. The van der Waals surface area contributed by atoms with Crippen molar-refractivity contribution in [3.8, 4) is 0 Å². The molecule has 0 amide bonds. The summed E-state index contributed by atoms with van der Waals surface area (Å²) < 4.78 is 8.24. The van der Waals surface area contributed by atoms with Crippen LogP contribution in [0.2, 0.25) is 0 Å². The number of hydrogen-bond acceptors (Lipinski definition) is 4. The van der Waals surface area contributed by atoms with E-state index in [1.165, 1.54) is 0 Å². The lowest BCUT2D eigenvalue weighted by molar-refractivity contribution is 0.0525. The van der Waals surface area contributed by atoms with Crippen LogP contribution in [0.5, 0.6) is 0 Å². The molecule has 1 atom stereocenters. The van der Waals surface area contributed by atoms with Crippen LogP contribution in [0.15, 0.2) is 10.7 Å². The minimum absolute atomic E-state index is 0.130. The van der Waals surface area contributed by atoms with Gasteiger partial charge in [-0.25, -0.2) is 0 Å². The molecular formula is C10H17BrN4O. The number of ether oxygens (including phenoxy) is 1. The van der Waals surface area contributed by atoms with Gasteiger partial charge >= 0.3 is 0 Å². The minimum Gasteiger partial charge on any atom is -0.381 e. The molecule has 1 aliphatic rings. The maximum absolute atomic E-state index is 5.68. The Morgan fingerprint density at radius 1 is 1.62 bits per heavy atom. The molecular weight excluding hydrogens is 272 g/mol. The van der Waals surface area contributed by atoms with E-state index in [1.54, 1.807) is 6.20 Å². The maximum Gasteiger partial charge on any atom is 0.0708 e. The van der Waals surface area contributed by atoms with Crippen molar-refractivity contribution in [1.82, 2.24) is 15.2 Å². The summed E-state index contributed by atoms with van der Waals surface area (Å²) in [6.07, 6.45) is 3.87. The summed E-state index contributed by atoms with van der Waals surface area (Å²) in [7, 11) is 1.93. The Balaban J connectivity index is 2.21. The maximum atomic E-state index is 5.68. The van der Waals surface area contributed by atoms with E-state index in [9.17, 15) is 0 Å². The Morgan fingerprint density at radius 2 is 2.31 bits per heavy atom. The lowest BCUT2D eigenvalue weighted by Gasteiger charge is -2.30. The standard InChI is InChI=1S/C10H17BrN4O/c1-15-10(8(11)6-13-15)9(14-12)7-2-4-16-5-3-7/h6-7,9,14H,2-5,12H2,1H3. The lowest BCUT2D eigenvalue weighted by Crippen LogP contribution is -2.37. The molecule has 0 aliphatic carbocycles. The van der Waals surface area contributed by atoms with Gasteiger partial charge in [0, 0.05) is 20.3 Å². The van der Waals surface area contributed by atoms with Gasteiger partial charge in [-0.3, -0.25) is 16.0 Å². The average Bonchev–Trinajstić information content (AvgIpc) is 2.63. The summed E-state index contributed by atoms with van der Waals surface area (Å²) in [6, 6.07) is 0.130. The van der Waals surface area contributed by atoms with Gasteiger partial charge in [-0.15, -0.1) is 0 Å². The zero-order chi connectivity index (χ0) is 11.5. The molecule has 2 heterocycles. The van der Waals surface area contributed by atoms with Crippen molar-refractivity contribution in [1.29, 1.82) is 0 Å². The summed E-state index contributed by atoms with van der Waals surface area (Å²) in [6.45, 7) is 1.64. The minimum atomic E-state index is 0.130. The normalized spacial score (nSPS) is 19.9. The van der Waals surface area contributed by atoms with Crippen molar-refractivity contribution in [3.05, 3.63) is 16.4 Å². The largest absolute Gasteiger partial charge is 0.381 e. The van der Waals surface area contributed by atoms with E-state index in [-0.39, 0.29) is 6.04 Å². The molecule has 1 aromatic heterocycles. The van der Waals surface area contributed by atoms with Crippen molar-refractivity contribution in [2.24, 2.45) is 18.8 Å². The SMILES string of the molecule is Cn1ncc(Br)c1C(NN)C1CCOCC1. The van der Waals surface area contributed by atoms with Crippen LogP contribution in [-0.4, -0.2) is 23.0 Å². The van der Waals surface area contributed by atoms with Gasteiger partial charge in [0.15, 0.2) is 0 Å². The number of aryl methyl sites for hydroxylation is 1. The van der Waals surface area contributed by atoms with Gasteiger partial charge < -0.3 is 4.74 Å². The number of nitrogens with zero attached hydrogens (tertiary/aromatic N) is 2. The molecule has 90 valence electrons. The first-order valence-corrected chi connectivity index (χ1v) is 6.24. The number of nitrogens with one attached hydrogen (secondary N) is 1. The summed E-state index contributed by atoms with van der Waals surface area (Å²) in [5.74, 6) is 6.18. The number of hydrogen-bond donors (Lipinski definition) is 2. The molecule has 1 aromatic rings. The molecule has 0 radical (unpaired) electrons. The third kappa shape index (κ3) is 2.29. The quantitative estimate of drug-likeness (QED) is 0.646. The van der Waals surface area contributed by atoms with Crippen molar-refractivity contribution in [2.45, 2.75) is 18.9 Å². The fraction of sp³-hybridized carbons (Fsp3) is 0.700. The first kappa shape index (κ1) is 12.0. The predicted octanol–water partition coefficient (Wildman–Crippen LogP) is 1.11. The number of aromatic nitrogens is 2. The van der Waals surface area contributed by atoms with E-state index in [1.807, 2.05) is 11.7 Å². The van der Waals surface area contributed by atoms with Crippen LogP contribution in [0.4, 0.5) is 0 Å². The smallest absolute Gasteiger partial charge is 0.0708 e. The van der Waals surface area contributed by atoms with Crippen LogP contribution in [0.1, 0.15) is 24.6 Å². The first-order valence-electron chi connectivity index (χ1n) is 5.45. The zero-order valence-corrected chi connectivity index (χ0v) is 10.9. The molecule has 1 fully saturated rings. The fourth-order valence-corrected chi connectivity index (χ4v) is 2.85. The van der Waals surface area contributed by atoms with Crippen molar-refractivity contribution >= 4 is 15.9 Å². The molecule has 0 bridgehead atoms. The molecule has 0 aromatic carbocycles. The Labute approximate surface area is 103 Å². The van der Waals surface area contributed by atoms with Crippen LogP contribution in [0, 0.1) is 5.92 Å². The van der Waals surface area contributed by atoms with Crippen LogP contribution in [-0.2, 0) is 11.8 Å². The second-order valence-corrected chi connectivity index (χ2v) is 4.95. The molecule has 0 saturated carbocycles. The van der Waals surface area contributed by atoms with Crippen LogP contribution >= 0.6 is 15.9 Å². The van der Waals surface area contributed by atoms with Crippen molar-refractivity contribution in [3.63, 3.8) is 0 Å². The Kier molecular flexibility index (Phi) is 3.96. The lowest BCUT2D eigenvalue weighted by atomic mass is 9.90. The second-order valence-electron chi connectivity index (χ2n) is 4.10. The fourth-order valence-electron chi connectivity index (χ4n) is 2.26. The summed E-state index contributed by atoms with van der Waals surface area (Å²) in [5, 5.41) is 4.22. The van der Waals surface area contributed by atoms with Gasteiger partial charge in [-0.05, 0) is 34.7 Å². The van der Waals surface area contributed by atoms with E-state index in [0.717, 1.165) is 36.2 Å². The highest BCUT2D eigenvalue weighted by atomic mass is 79.9. The number of hydrazine groups is 1. The highest BCUT2D eigenvalue weighted by molar-refractivity contribution is 9.10. The van der Waals surface area contributed by atoms with Crippen LogP contribution in [0.3, 0.4) is 0 Å². The van der Waals surface area contributed by atoms with Crippen molar-refractivity contribution in [2.75, 3.05) is 13.2 Å². The summed E-state index contributed by atoms with van der Waals surface area (Å²) in [5.41, 5.74) is 4.02. The van der Waals surface area contributed by atoms with Crippen molar-refractivity contribution < 1.29 is 4.74 Å². The van der Waals surface area contributed by atoms with Gasteiger partial charge in [-0.1, -0.05) is 0 Å². The summed E-state index contributed by atoms with van der Waals surface area (Å²) in [4.78, 5) is 0. The molecule has 5 nitrogen and oxygen atoms in total. The van der Waals surface area contributed by atoms with Gasteiger partial charge in [0.05, 0.1) is 22.4 Å². The van der Waals surface area contributed by atoms with Gasteiger partial charge in [0.25, 0.3) is 0 Å². The molecule has 1 saturated heterocycles. The van der Waals surface area contributed by atoms with Crippen LogP contribution < -0.4 is 11.3 Å². The molecule has 6 heteroatoms. The topological polar surface area (TPSA) is 65.1 Å². The molecule has 3 N–H and O–H groups in total. The van der Waals surface area contributed by atoms with E-state index in [2.05, 4.69) is 26.5 Å². The average molecular weight is 289 g/mol. The van der Waals surface area contributed by atoms with Gasteiger partial charge in [0.2, 0.25) is 0 Å². The summed E-state index contributed by atoms with van der Waals surface area (Å²) >= 11 is 3.52. The van der Waals surface area contributed by atoms with Gasteiger partial charge in [-0.2, -0.15) is 5.10 Å². The molecule has 16 heavy (non-hydrogen) atoms. The first-order chi connectivity index (χ1) is 7.74. The van der Waals surface area contributed by atoms with Gasteiger partial charge in [0.1, 0.15) is 0 Å². The van der Waals surface area contributed by atoms with Crippen LogP contribution in [0.25, 0.3) is 0 Å². The number of rotatable bonds is 3. The van der Waals surface area contributed by atoms with E-state index in [4.69, 9.17) is 10.6 Å². The molecule has 0 spiro atoms. The Hall–Kier alpha value is -0.430. The van der Waals surface area contributed by atoms with E-state index >= 15 is 0 Å². The zero-order valence-electron chi connectivity index (χ0n) is 9.32. The third-order valence-electron chi connectivity index (χ3n) is 3.15. The predicted molar refractivity (Wildman–Crippen MR) is 64.5 cm³/mol. The Bertz CT molecular complexity index is 329. The third-order valence-corrected chi connectivity index (χ3v) is 3.76. The highest BCUT2D eigenvalue weighted by Gasteiger charge is 2.28. The monoisotopic (exact) mass is 288 g/mol.